The number of carbonyl (C=O) groups excluding carboxylic acids is 1. The molecule has 164 valence electrons. The van der Waals surface area contributed by atoms with Crippen LogP contribution in [0.4, 0.5) is 0 Å². The third-order valence-corrected chi connectivity index (χ3v) is 6.57. The van der Waals surface area contributed by atoms with Gasteiger partial charge in [-0.15, -0.1) is 10.2 Å². The molecule has 2 aromatic carbocycles. The number of para-hydroxylation sites is 1. The van der Waals surface area contributed by atoms with E-state index < -0.39 is 0 Å². The maximum absolute atomic E-state index is 12.7. The number of hydrogen-bond acceptors (Lipinski definition) is 4. The summed E-state index contributed by atoms with van der Waals surface area (Å²) in [6.07, 6.45) is 5.31. The van der Waals surface area contributed by atoms with E-state index in [0.717, 1.165) is 35.5 Å². The lowest BCUT2D eigenvalue weighted by atomic mass is 9.98. The minimum atomic E-state index is 0.123. The molecule has 1 amide bonds. The van der Waals surface area contributed by atoms with E-state index in [4.69, 9.17) is 16.0 Å². The standard InChI is InChI=1S/C25H25ClN4O2/c26-21-7-3-1-5-19(21)18-13-14-30(16-18)25(31)12-11-24-29-28-23(32-24)10-9-17-15-27-22-8-4-2-6-20(17)22/h1-8,15,18,27H,9-14,16H2. The van der Waals surface area contributed by atoms with Gasteiger partial charge in [0.15, 0.2) is 0 Å². The Morgan fingerprint density at radius 1 is 1.06 bits per heavy atom. The largest absolute Gasteiger partial charge is 0.425 e. The number of nitrogens with one attached hydrogen (secondary N) is 1. The van der Waals surface area contributed by atoms with Crippen LogP contribution in [0.1, 0.15) is 41.7 Å². The van der Waals surface area contributed by atoms with Gasteiger partial charge in [0.05, 0.1) is 0 Å². The molecule has 1 atom stereocenters. The molecule has 0 saturated carbocycles. The average Bonchev–Trinajstić information content (AvgIpc) is 3.56. The third-order valence-electron chi connectivity index (χ3n) is 6.23. The fourth-order valence-electron chi connectivity index (χ4n) is 4.49. The van der Waals surface area contributed by atoms with E-state index in [9.17, 15) is 4.79 Å². The van der Waals surface area contributed by atoms with Crippen molar-refractivity contribution in [2.24, 2.45) is 0 Å². The zero-order valence-corrected chi connectivity index (χ0v) is 18.5. The molecule has 1 aliphatic heterocycles. The first-order valence-electron chi connectivity index (χ1n) is 11.1. The SMILES string of the molecule is O=C(CCc1nnc(CCc2c[nH]c3ccccc23)o1)N1CCC(c2ccccc2Cl)C1. The molecule has 3 heterocycles. The predicted octanol–water partition coefficient (Wildman–Crippen LogP) is 4.94. The lowest BCUT2D eigenvalue weighted by molar-refractivity contribution is -0.130. The van der Waals surface area contributed by atoms with Gasteiger partial charge in [-0.2, -0.15) is 0 Å². The molecule has 5 rings (SSSR count). The summed E-state index contributed by atoms with van der Waals surface area (Å²) in [5.74, 6) is 1.55. The number of rotatable bonds is 7. The van der Waals surface area contributed by atoms with Crippen molar-refractivity contribution in [2.45, 2.75) is 38.0 Å². The fraction of sp³-hybridized carbons (Fsp3) is 0.320. The highest BCUT2D eigenvalue weighted by Gasteiger charge is 2.28. The Hall–Kier alpha value is -3.12. The van der Waals surface area contributed by atoms with E-state index >= 15 is 0 Å². The molecular weight excluding hydrogens is 424 g/mol. The average molecular weight is 449 g/mol. The highest BCUT2D eigenvalue weighted by molar-refractivity contribution is 6.31. The summed E-state index contributed by atoms with van der Waals surface area (Å²) in [6, 6.07) is 16.1. The van der Waals surface area contributed by atoms with E-state index in [1.54, 1.807) is 0 Å². The van der Waals surface area contributed by atoms with E-state index in [-0.39, 0.29) is 5.91 Å². The molecule has 1 N–H and O–H groups in total. The number of carbonyl (C=O) groups is 1. The molecule has 4 aromatic rings. The zero-order chi connectivity index (χ0) is 21.9. The minimum Gasteiger partial charge on any atom is -0.425 e. The number of likely N-dealkylation sites (tertiary alicyclic amines) is 1. The molecule has 0 radical (unpaired) electrons. The number of hydrogen-bond donors (Lipinski definition) is 1. The number of aromatic amines is 1. The lowest BCUT2D eigenvalue weighted by Gasteiger charge is -2.16. The molecular formula is C25H25ClN4O2. The van der Waals surface area contributed by atoms with Crippen molar-refractivity contribution in [3.05, 3.63) is 82.7 Å². The van der Waals surface area contributed by atoms with Crippen molar-refractivity contribution in [3.8, 4) is 0 Å². The summed E-state index contributed by atoms with van der Waals surface area (Å²) in [6.45, 7) is 1.47. The highest BCUT2D eigenvalue weighted by Crippen LogP contribution is 2.32. The van der Waals surface area contributed by atoms with Gasteiger partial charge in [0.1, 0.15) is 0 Å². The monoisotopic (exact) mass is 448 g/mol. The molecule has 7 heteroatoms. The van der Waals surface area contributed by atoms with Gasteiger partial charge in [0.25, 0.3) is 0 Å². The zero-order valence-electron chi connectivity index (χ0n) is 17.8. The Bertz CT molecular complexity index is 1230. The molecule has 0 spiro atoms. The lowest BCUT2D eigenvalue weighted by Crippen LogP contribution is -2.28. The summed E-state index contributed by atoms with van der Waals surface area (Å²) >= 11 is 6.33. The fourth-order valence-corrected chi connectivity index (χ4v) is 4.78. The van der Waals surface area contributed by atoms with Crippen LogP contribution in [0.3, 0.4) is 0 Å². The first-order chi connectivity index (χ1) is 15.7. The smallest absolute Gasteiger partial charge is 0.223 e. The van der Waals surface area contributed by atoms with Crippen LogP contribution in [0.2, 0.25) is 5.02 Å². The molecule has 6 nitrogen and oxygen atoms in total. The van der Waals surface area contributed by atoms with Gasteiger partial charge >= 0.3 is 0 Å². The molecule has 1 fully saturated rings. The van der Waals surface area contributed by atoms with Crippen molar-refractivity contribution in [1.82, 2.24) is 20.1 Å². The summed E-state index contributed by atoms with van der Waals surface area (Å²) in [4.78, 5) is 17.9. The Morgan fingerprint density at radius 3 is 2.72 bits per heavy atom. The van der Waals surface area contributed by atoms with Crippen LogP contribution in [0.5, 0.6) is 0 Å². The first kappa shape index (κ1) is 20.8. The second kappa shape index (κ2) is 9.17. The second-order valence-electron chi connectivity index (χ2n) is 8.30. The van der Waals surface area contributed by atoms with Gasteiger partial charge in [-0.05, 0) is 36.1 Å². The topological polar surface area (TPSA) is 75.0 Å². The number of aryl methyl sites for hydroxylation is 3. The van der Waals surface area contributed by atoms with Crippen LogP contribution in [-0.2, 0) is 24.1 Å². The highest BCUT2D eigenvalue weighted by atomic mass is 35.5. The van der Waals surface area contributed by atoms with Gasteiger partial charge in [-0.25, -0.2) is 0 Å². The molecule has 2 aromatic heterocycles. The van der Waals surface area contributed by atoms with Crippen molar-refractivity contribution in [1.29, 1.82) is 0 Å². The van der Waals surface area contributed by atoms with Crippen LogP contribution in [0.25, 0.3) is 10.9 Å². The van der Waals surface area contributed by atoms with Gasteiger partial charge < -0.3 is 14.3 Å². The minimum absolute atomic E-state index is 0.123. The summed E-state index contributed by atoms with van der Waals surface area (Å²) in [7, 11) is 0. The molecule has 0 aliphatic carbocycles. The van der Waals surface area contributed by atoms with E-state index in [2.05, 4.69) is 33.4 Å². The van der Waals surface area contributed by atoms with Crippen LogP contribution < -0.4 is 0 Å². The quantitative estimate of drug-likeness (QED) is 0.434. The van der Waals surface area contributed by atoms with Gasteiger partial charge in [-0.1, -0.05) is 48.0 Å². The summed E-state index contributed by atoms with van der Waals surface area (Å²) < 4.78 is 5.79. The van der Waals surface area contributed by atoms with Gasteiger partial charge in [0, 0.05) is 60.4 Å². The van der Waals surface area contributed by atoms with Crippen molar-refractivity contribution in [3.63, 3.8) is 0 Å². The Kier molecular flexibility index (Phi) is 5.95. The van der Waals surface area contributed by atoms with Crippen LogP contribution in [0, 0.1) is 0 Å². The Labute approximate surface area is 191 Å². The van der Waals surface area contributed by atoms with Crippen molar-refractivity contribution in [2.75, 3.05) is 13.1 Å². The maximum atomic E-state index is 12.7. The van der Waals surface area contributed by atoms with Crippen molar-refractivity contribution < 1.29 is 9.21 Å². The summed E-state index contributed by atoms with van der Waals surface area (Å²) in [5.41, 5.74) is 3.49. The van der Waals surface area contributed by atoms with Crippen LogP contribution >= 0.6 is 11.6 Å². The molecule has 1 unspecified atom stereocenters. The molecule has 1 aliphatic rings. The maximum Gasteiger partial charge on any atom is 0.223 e. The van der Waals surface area contributed by atoms with Gasteiger partial charge in [0.2, 0.25) is 17.7 Å². The Morgan fingerprint density at radius 2 is 1.84 bits per heavy atom. The number of H-pyrrole nitrogens is 1. The number of aromatic nitrogens is 3. The molecule has 1 saturated heterocycles. The Balaban J connectivity index is 1.12. The van der Waals surface area contributed by atoms with Crippen molar-refractivity contribution >= 4 is 28.4 Å². The first-order valence-corrected chi connectivity index (χ1v) is 11.4. The second-order valence-corrected chi connectivity index (χ2v) is 8.70. The van der Waals surface area contributed by atoms with E-state index in [1.165, 1.54) is 10.9 Å². The molecule has 0 bridgehead atoms. The van der Waals surface area contributed by atoms with Crippen LogP contribution in [-0.4, -0.2) is 39.1 Å². The number of fused-ring (bicyclic) bond motifs is 1. The van der Waals surface area contributed by atoms with Crippen LogP contribution in [0.15, 0.2) is 59.1 Å². The normalized spacial score (nSPS) is 16.2. The van der Waals surface area contributed by atoms with Gasteiger partial charge in [-0.3, -0.25) is 4.79 Å². The third kappa shape index (κ3) is 4.41. The number of halogens is 1. The van der Waals surface area contributed by atoms with E-state index in [0.29, 0.717) is 43.5 Å². The van der Waals surface area contributed by atoms with E-state index in [1.807, 2.05) is 41.4 Å². The number of amides is 1. The number of nitrogens with zero attached hydrogens (tertiary/aromatic N) is 3. The summed E-state index contributed by atoms with van der Waals surface area (Å²) in [5, 5.41) is 10.3. The number of benzene rings is 2. The molecule has 32 heavy (non-hydrogen) atoms. The predicted molar refractivity (Wildman–Crippen MR) is 124 cm³/mol.